The largest absolute Gasteiger partial charge is 0.497 e. The van der Waals surface area contributed by atoms with Crippen molar-refractivity contribution < 1.29 is 9.47 Å². The zero-order valence-corrected chi connectivity index (χ0v) is 12.4. The molecule has 5 nitrogen and oxygen atoms in total. The fourth-order valence-electron chi connectivity index (χ4n) is 2.12. The number of ether oxygens (including phenoxy) is 2. The first-order valence-electron chi connectivity index (χ1n) is 6.59. The Morgan fingerprint density at radius 3 is 2.48 bits per heavy atom. The summed E-state index contributed by atoms with van der Waals surface area (Å²) in [6.07, 6.45) is 0. The second-order valence-corrected chi connectivity index (χ2v) is 4.77. The van der Waals surface area contributed by atoms with E-state index in [1.807, 2.05) is 38.1 Å². The lowest BCUT2D eigenvalue weighted by atomic mass is 10.1. The fraction of sp³-hybridized carbons (Fsp3) is 0.250. The van der Waals surface area contributed by atoms with Gasteiger partial charge >= 0.3 is 0 Å². The van der Waals surface area contributed by atoms with Crippen LogP contribution in [0.5, 0.6) is 11.5 Å². The molecule has 1 aromatic heterocycles. The van der Waals surface area contributed by atoms with Crippen LogP contribution in [0.2, 0.25) is 0 Å². The summed E-state index contributed by atoms with van der Waals surface area (Å²) < 4.78 is 10.9. The molecule has 3 N–H and O–H groups in total. The van der Waals surface area contributed by atoms with Crippen LogP contribution in [0, 0.1) is 19.3 Å². The van der Waals surface area contributed by atoms with Crippen molar-refractivity contribution in [3.05, 3.63) is 52.8 Å². The summed E-state index contributed by atoms with van der Waals surface area (Å²) in [7, 11) is 1.63. The van der Waals surface area contributed by atoms with Gasteiger partial charge in [-0.05, 0) is 31.5 Å². The number of pyridine rings is 1. The Morgan fingerprint density at radius 1 is 1.24 bits per heavy atom. The number of hydrogen-bond acceptors (Lipinski definition) is 4. The third kappa shape index (κ3) is 3.51. The van der Waals surface area contributed by atoms with Crippen LogP contribution in [0.1, 0.15) is 22.5 Å². The molecule has 110 valence electrons. The number of nitrogens with one attached hydrogen (secondary N) is 1. The van der Waals surface area contributed by atoms with Gasteiger partial charge in [0.05, 0.1) is 18.4 Å². The van der Waals surface area contributed by atoms with E-state index in [9.17, 15) is 0 Å². The predicted molar refractivity (Wildman–Crippen MR) is 82.1 cm³/mol. The van der Waals surface area contributed by atoms with Crippen LogP contribution >= 0.6 is 0 Å². The number of nitrogens with zero attached hydrogens (tertiary/aromatic N) is 1. The number of methoxy groups -OCH3 is 1. The van der Waals surface area contributed by atoms with Crippen LogP contribution in [-0.4, -0.2) is 17.9 Å². The average molecular weight is 285 g/mol. The van der Waals surface area contributed by atoms with E-state index >= 15 is 0 Å². The molecule has 0 spiro atoms. The first-order chi connectivity index (χ1) is 10.0. The zero-order valence-electron chi connectivity index (χ0n) is 12.4. The molecule has 0 aliphatic carbocycles. The molecule has 1 heterocycles. The SMILES string of the molecule is COc1ccc(COc2cc(C)nc(C)c2C(=N)N)cc1. The number of amidine groups is 1. The minimum absolute atomic E-state index is 0.0373. The Labute approximate surface area is 124 Å². The molecule has 0 aliphatic rings. The summed E-state index contributed by atoms with van der Waals surface area (Å²) >= 11 is 0. The van der Waals surface area contributed by atoms with E-state index in [4.69, 9.17) is 20.6 Å². The van der Waals surface area contributed by atoms with Gasteiger partial charge in [-0.2, -0.15) is 0 Å². The molecule has 0 saturated heterocycles. The number of aryl methyl sites for hydroxylation is 2. The first-order valence-corrected chi connectivity index (χ1v) is 6.59. The lowest BCUT2D eigenvalue weighted by Gasteiger charge is -2.13. The Kier molecular flexibility index (Phi) is 4.42. The van der Waals surface area contributed by atoms with E-state index in [0.717, 1.165) is 17.0 Å². The number of nitrogen functional groups attached to an aromatic ring is 1. The fourth-order valence-corrected chi connectivity index (χ4v) is 2.12. The maximum absolute atomic E-state index is 7.66. The molecule has 0 saturated carbocycles. The van der Waals surface area contributed by atoms with Gasteiger partial charge in [0.2, 0.25) is 0 Å². The van der Waals surface area contributed by atoms with Gasteiger partial charge < -0.3 is 15.2 Å². The lowest BCUT2D eigenvalue weighted by molar-refractivity contribution is 0.304. The van der Waals surface area contributed by atoms with Gasteiger partial charge in [0.15, 0.2) is 0 Å². The Bertz CT molecular complexity index is 651. The topological polar surface area (TPSA) is 81.2 Å². The maximum atomic E-state index is 7.66. The highest BCUT2D eigenvalue weighted by molar-refractivity contribution is 5.98. The number of rotatable bonds is 5. The van der Waals surface area contributed by atoms with Gasteiger partial charge in [0, 0.05) is 11.8 Å². The second kappa shape index (κ2) is 6.26. The number of hydrogen-bond donors (Lipinski definition) is 2. The van der Waals surface area contributed by atoms with Gasteiger partial charge in [0.25, 0.3) is 0 Å². The summed E-state index contributed by atoms with van der Waals surface area (Å²) in [4.78, 5) is 4.32. The molecule has 21 heavy (non-hydrogen) atoms. The molecule has 2 aromatic rings. The highest BCUT2D eigenvalue weighted by Gasteiger charge is 2.12. The number of aromatic nitrogens is 1. The monoisotopic (exact) mass is 285 g/mol. The molecule has 1 aromatic carbocycles. The van der Waals surface area contributed by atoms with Gasteiger partial charge in [0.1, 0.15) is 23.9 Å². The number of benzene rings is 1. The summed E-state index contributed by atoms with van der Waals surface area (Å²) in [6.45, 7) is 4.11. The molecule has 0 bridgehead atoms. The van der Waals surface area contributed by atoms with E-state index in [0.29, 0.717) is 23.6 Å². The minimum atomic E-state index is -0.0373. The van der Waals surface area contributed by atoms with Crippen molar-refractivity contribution in [3.63, 3.8) is 0 Å². The van der Waals surface area contributed by atoms with Crippen LogP contribution in [0.3, 0.4) is 0 Å². The third-order valence-corrected chi connectivity index (χ3v) is 3.11. The highest BCUT2D eigenvalue weighted by Crippen LogP contribution is 2.23. The molecular weight excluding hydrogens is 266 g/mol. The summed E-state index contributed by atoms with van der Waals surface area (Å²) in [5.41, 5.74) is 8.72. The minimum Gasteiger partial charge on any atom is -0.497 e. The summed E-state index contributed by atoms with van der Waals surface area (Å²) in [5, 5.41) is 7.66. The van der Waals surface area contributed by atoms with Crippen molar-refractivity contribution >= 4 is 5.84 Å². The average Bonchev–Trinajstić information content (AvgIpc) is 2.44. The third-order valence-electron chi connectivity index (χ3n) is 3.11. The van der Waals surface area contributed by atoms with Gasteiger partial charge in [-0.3, -0.25) is 10.4 Å². The molecule has 2 rings (SSSR count). The lowest BCUT2D eigenvalue weighted by Crippen LogP contribution is -2.16. The molecule has 0 aliphatic heterocycles. The van der Waals surface area contributed by atoms with Crippen molar-refractivity contribution in [3.8, 4) is 11.5 Å². The van der Waals surface area contributed by atoms with E-state index in [1.165, 1.54) is 0 Å². The van der Waals surface area contributed by atoms with E-state index < -0.39 is 0 Å². The smallest absolute Gasteiger partial charge is 0.134 e. The zero-order chi connectivity index (χ0) is 15.4. The summed E-state index contributed by atoms with van der Waals surface area (Å²) in [5.74, 6) is 1.35. The van der Waals surface area contributed by atoms with Gasteiger partial charge in [-0.25, -0.2) is 0 Å². The van der Waals surface area contributed by atoms with E-state index in [2.05, 4.69) is 4.98 Å². The van der Waals surface area contributed by atoms with Gasteiger partial charge in [-0.15, -0.1) is 0 Å². The Hall–Kier alpha value is -2.56. The second-order valence-electron chi connectivity index (χ2n) is 4.77. The van der Waals surface area contributed by atoms with Crippen molar-refractivity contribution in [1.29, 1.82) is 5.41 Å². The molecule has 0 amide bonds. The van der Waals surface area contributed by atoms with Crippen LogP contribution in [-0.2, 0) is 6.61 Å². The van der Waals surface area contributed by atoms with Crippen molar-refractivity contribution in [1.82, 2.24) is 4.98 Å². The quantitative estimate of drug-likeness (QED) is 0.653. The van der Waals surface area contributed by atoms with Crippen LogP contribution in [0.15, 0.2) is 30.3 Å². The van der Waals surface area contributed by atoms with E-state index in [1.54, 1.807) is 13.2 Å². The van der Waals surface area contributed by atoms with E-state index in [-0.39, 0.29) is 5.84 Å². The number of nitrogens with two attached hydrogens (primary N) is 1. The molecule has 0 unspecified atom stereocenters. The van der Waals surface area contributed by atoms with Gasteiger partial charge in [-0.1, -0.05) is 12.1 Å². The molecule has 0 atom stereocenters. The predicted octanol–water partition coefficient (Wildman–Crippen LogP) is 2.57. The first kappa shape index (κ1) is 14.8. The maximum Gasteiger partial charge on any atom is 0.134 e. The Balaban J connectivity index is 2.20. The normalized spacial score (nSPS) is 10.2. The van der Waals surface area contributed by atoms with Crippen LogP contribution in [0.25, 0.3) is 0 Å². The Morgan fingerprint density at radius 2 is 1.90 bits per heavy atom. The molecule has 5 heteroatoms. The summed E-state index contributed by atoms with van der Waals surface area (Å²) in [6, 6.07) is 9.44. The van der Waals surface area contributed by atoms with Crippen molar-refractivity contribution in [2.45, 2.75) is 20.5 Å². The standard InChI is InChI=1S/C16H19N3O2/c1-10-8-14(15(16(17)18)11(2)19-10)21-9-12-4-6-13(20-3)7-5-12/h4-8H,9H2,1-3H3,(H3,17,18). The van der Waals surface area contributed by atoms with Crippen LogP contribution < -0.4 is 15.2 Å². The van der Waals surface area contributed by atoms with Crippen molar-refractivity contribution in [2.24, 2.45) is 5.73 Å². The molecule has 0 fully saturated rings. The highest BCUT2D eigenvalue weighted by atomic mass is 16.5. The van der Waals surface area contributed by atoms with Crippen LogP contribution in [0.4, 0.5) is 0 Å². The molecular formula is C16H19N3O2. The molecule has 0 radical (unpaired) electrons. The van der Waals surface area contributed by atoms with Crippen molar-refractivity contribution in [2.75, 3.05) is 7.11 Å².